The lowest BCUT2D eigenvalue weighted by atomic mass is 10.2. The first-order chi connectivity index (χ1) is 12.7. The lowest BCUT2D eigenvalue weighted by Gasteiger charge is -2.19. The Hall–Kier alpha value is -2.54. The molecule has 1 aliphatic carbocycles. The molecule has 0 saturated heterocycles. The summed E-state index contributed by atoms with van der Waals surface area (Å²) >= 11 is 0. The number of rotatable bonds is 5. The van der Waals surface area contributed by atoms with E-state index in [1.54, 1.807) is 16.8 Å². The van der Waals surface area contributed by atoms with Crippen LogP contribution in [0.1, 0.15) is 36.3 Å². The van der Waals surface area contributed by atoms with Gasteiger partial charge in [-0.3, -0.25) is 24.0 Å². The second kappa shape index (κ2) is 7.37. The van der Waals surface area contributed by atoms with E-state index in [0.717, 1.165) is 43.7 Å². The van der Waals surface area contributed by atoms with Crippen molar-refractivity contribution in [3.63, 3.8) is 0 Å². The quantitative estimate of drug-likeness (QED) is 0.870. The zero-order chi connectivity index (χ0) is 17.9. The smallest absolute Gasteiger partial charge is 0.253 e. The third-order valence-electron chi connectivity index (χ3n) is 4.88. The third-order valence-corrected chi connectivity index (χ3v) is 4.88. The number of carbonyl (C=O) groups excluding carboxylic acids is 1. The van der Waals surface area contributed by atoms with Crippen LogP contribution in [0.15, 0.2) is 35.4 Å². The Kier molecular flexibility index (Phi) is 4.79. The molecule has 26 heavy (non-hydrogen) atoms. The number of aromatic nitrogens is 3. The van der Waals surface area contributed by atoms with Crippen LogP contribution in [-0.4, -0.2) is 31.9 Å². The van der Waals surface area contributed by atoms with Gasteiger partial charge in [-0.1, -0.05) is 6.07 Å². The molecule has 3 heterocycles. The van der Waals surface area contributed by atoms with Gasteiger partial charge in [0.1, 0.15) is 5.82 Å². The lowest BCUT2D eigenvalue weighted by molar-refractivity contribution is -0.122. The van der Waals surface area contributed by atoms with Crippen molar-refractivity contribution in [1.29, 1.82) is 0 Å². The van der Waals surface area contributed by atoms with Crippen molar-refractivity contribution in [3.8, 4) is 0 Å². The predicted octanol–water partition coefficient (Wildman–Crippen LogP) is 1.07. The minimum atomic E-state index is -0.0334. The highest BCUT2D eigenvalue weighted by Crippen LogP contribution is 2.28. The fourth-order valence-electron chi connectivity index (χ4n) is 3.34. The van der Waals surface area contributed by atoms with Gasteiger partial charge >= 0.3 is 0 Å². The van der Waals surface area contributed by atoms with Crippen molar-refractivity contribution < 1.29 is 4.79 Å². The summed E-state index contributed by atoms with van der Waals surface area (Å²) in [6, 6.07) is 5.54. The number of nitrogens with zero attached hydrogens (tertiary/aromatic N) is 4. The molecule has 1 N–H and O–H groups in total. The van der Waals surface area contributed by atoms with Gasteiger partial charge in [0.05, 0.1) is 18.8 Å². The highest BCUT2D eigenvalue weighted by molar-refractivity contribution is 5.80. The Labute approximate surface area is 152 Å². The van der Waals surface area contributed by atoms with Crippen LogP contribution in [-0.2, 0) is 31.0 Å². The number of nitrogens with one attached hydrogen (secondary N) is 1. The number of amides is 1. The van der Waals surface area contributed by atoms with Crippen LogP contribution in [0.3, 0.4) is 0 Å². The molecule has 2 aliphatic rings. The van der Waals surface area contributed by atoms with Crippen molar-refractivity contribution in [2.45, 2.75) is 45.4 Å². The molecule has 4 rings (SSSR count). The molecule has 1 fully saturated rings. The number of pyridine rings is 1. The summed E-state index contributed by atoms with van der Waals surface area (Å²) in [7, 11) is 0. The molecule has 7 nitrogen and oxygen atoms in total. The summed E-state index contributed by atoms with van der Waals surface area (Å²) in [5.74, 6) is 1.00. The zero-order valence-electron chi connectivity index (χ0n) is 14.7. The van der Waals surface area contributed by atoms with Crippen LogP contribution in [0.25, 0.3) is 0 Å². The summed E-state index contributed by atoms with van der Waals surface area (Å²) in [5.41, 5.74) is 1.75. The second-order valence-corrected chi connectivity index (χ2v) is 7.07. The minimum absolute atomic E-state index is 0.0334. The van der Waals surface area contributed by atoms with Crippen LogP contribution >= 0.6 is 0 Å². The molecule has 0 aromatic carbocycles. The van der Waals surface area contributed by atoms with Gasteiger partial charge in [0.15, 0.2) is 0 Å². The van der Waals surface area contributed by atoms with Crippen LogP contribution < -0.4 is 10.9 Å². The van der Waals surface area contributed by atoms with Crippen molar-refractivity contribution in [2.24, 2.45) is 5.92 Å². The molecule has 0 radical (unpaired) electrons. The average molecular weight is 353 g/mol. The first kappa shape index (κ1) is 16.9. The fourth-order valence-corrected chi connectivity index (χ4v) is 3.34. The van der Waals surface area contributed by atoms with Gasteiger partial charge in [0, 0.05) is 44.0 Å². The molecule has 2 aromatic heterocycles. The van der Waals surface area contributed by atoms with Gasteiger partial charge in [-0.05, 0) is 30.9 Å². The maximum absolute atomic E-state index is 12.5. The SMILES string of the molecule is O=C(NCc1cc(=O)n2c(n1)CN(Cc1cccnc1)CCC2)C1CC1. The summed E-state index contributed by atoms with van der Waals surface area (Å²) in [6.45, 7) is 3.31. The Morgan fingerprint density at radius 2 is 2.19 bits per heavy atom. The highest BCUT2D eigenvalue weighted by Gasteiger charge is 2.29. The van der Waals surface area contributed by atoms with Crippen LogP contribution in [0.5, 0.6) is 0 Å². The zero-order valence-corrected chi connectivity index (χ0v) is 14.7. The summed E-state index contributed by atoms with van der Waals surface area (Å²) in [5, 5.41) is 2.89. The normalized spacial score (nSPS) is 17.4. The van der Waals surface area contributed by atoms with E-state index in [-0.39, 0.29) is 17.4 Å². The van der Waals surface area contributed by atoms with Crippen molar-refractivity contribution in [1.82, 2.24) is 24.8 Å². The van der Waals surface area contributed by atoms with Gasteiger partial charge in [0.25, 0.3) is 5.56 Å². The molecule has 0 spiro atoms. The van der Waals surface area contributed by atoms with Crippen LogP contribution in [0, 0.1) is 5.92 Å². The van der Waals surface area contributed by atoms with Crippen LogP contribution in [0.4, 0.5) is 0 Å². The maximum atomic E-state index is 12.5. The molecule has 136 valence electrons. The van der Waals surface area contributed by atoms with E-state index in [1.165, 1.54) is 0 Å². The van der Waals surface area contributed by atoms with E-state index in [2.05, 4.69) is 26.3 Å². The molecule has 7 heteroatoms. The predicted molar refractivity (Wildman–Crippen MR) is 96.0 cm³/mol. The topological polar surface area (TPSA) is 80.1 Å². The van der Waals surface area contributed by atoms with Gasteiger partial charge in [-0.25, -0.2) is 4.98 Å². The van der Waals surface area contributed by atoms with E-state index in [4.69, 9.17) is 0 Å². The lowest BCUT2D eigenvalue weighted by Crippen LogP contribution is -2.30. The molecule has 2 aromatic rings. The summed E-state index contributed by atoms with van der Waals surface area (Å²) < 4.78 is 1.76. The molecule has 0 atom stereocenters. The van der Waals surface area contributed by atoms with Crippen molar-refractivity contribution >= 4 is 5.91 Å². The van der Waals surface area contributed by atoms with Gasteiger partial charge in [0.2, 0.25) is 5.91 Å². The second-order valence-electron chi connectivity index (χ2n) is 7.07. The summed E-state index contributed by atoms with van der Waals surface area (Å²) in [6.07, 6.45) is 6.48. The number of hydrogen-bond donors (Lipinski definition) is 1. The Morgan fingerprint density at radius 3 is 2.96 bits per heavy atom. The highest BCUT2D eigenvalue weighted by atomic mass is 16.2. The maximum Gasteiger partial charge on any atom is 0.253 e. The molecular formula is C19H23N5O2. The third kappa shape index (κ3) is 3.99. The fraction of sp³-hybridized carbons (Fsp3) is 0.474. The van der Waals surface area contributed by atoms with E-state index in [9.17, 15) is 9.59 Å². The first-order valence-corrected chi connectivity index (χ1v) is 9.17. The molecule has 1 saturated carbocycles. The first-order valence-electron chi connectivity index (χ1n) is 9.17. The molecular weight excluding hydrogens is 330 g/mol. The monoisotopic (exact) mass is 353 g/mol. The van der Waals surface area contributed by atoms with E-state index >= 15 is 0 Å². The van der Waals surface area contributed by atoms with E-state index < -0.39 is 0 Å². The Bertz CT molecular complexity index is 845. The van der Waals surface area contributed by atoms with Crippen molar-refractivity contribution in [2.75, 3.05) is 6.54 Å². The molecule has 1 amide bonds. The largest absolute Gasteiger partial charge is 0.350 e. The average Bonchev–Trinajstić information content (AvgIpc) is 3.48. The van der Waals surface area contributed by atoms with E-state index in [1.807, 2.05) is 12.3 Å². The van der Waals surface area contributed by atoms with E-state index in [0.29, 0.717) is 25.3 Å². The van der Waals surface area contributed by atoms with Gasteiger partial charge in [-0.15, -0.1) is 0 Å². The van der Waals surface area contributed by atoms with Gasteiger partial charge < -0.3 is 5.32 Å². The molecule has 0 unspecified atom stereocenters. The van der Waals surface area contributed by atoms with Gasteiger partial charge in [-0.2, -0.15) is 0 Å². The summed E-state index contributed by atoms with van der Waals surface area (Å²) in [4.78, 5) is 35.4. The standard InChI is InChI=1S/C19H23N5O2/c25-18-9-16(11-21-19(26)15-4-5-15)22-17-13-23(7-2-8-24(17)18)12-14-3-1-6-20-10-14/h1,3,6,9-10,15H,2,4-5,7-8,11-13H2,(H,21,26). The van der Waals surface area contributed by atoms with Crippen LogP contribution in [0.2, 0.25) is 0 Å². The minimum Gasteiger partial charge on any atom is -0.350 e. The number of hydrogen-bond acceptors (Lipinski definition) is 5. The Balaban J connectivity index is 1.49. The molecule has 1 aliphatic heterocycles. The Morgan fingerprint density at radius 1 is 1.31 bits per heavy atom. The number of fused-ring (bicyclic) bond motifs is 1. The number of carbonyl (C=O) groups is 1. The molecule has 0 bridgehead atoms. The van der Waals surface area contributed by atoms with Crippen molar-refractivity contribution in [3.05, 3.63) is 58.0 Å².